The number of hydrogen-bond acceptors (Lipinski definition) is 3. The van der Waals surface area contributed by atoms with E-state index in [0.29, 0.717) is 0 Å². The van der Waals surface area contributed by atoms with Gasteiger partial charge in [0.15, 0.2) is 0 Å². The molecule has 1 N–H and O–H groups in total. The molecule has 2 aromatic heterocycles. The van der Waals surface area contributed by atoms with Gasteiger partial charge in [-0.05, 0) is 29.8 Å². The molecular formula is C11H11ClN2S. The first kappa shape index (κ1) is 10.6. The number of nitrogens with zero attached hydrogens (tertiary/aromatic N) is 1. The maximum absolute atomic E-state index is 5.84. The summed E-state index contributed by atoms with van der Waals surface area (Å²) in [6.45, 7) is 1.72. The standard InChI is InChI=1S/C11H11ClN2S/c12-11-2-1-10(15-11)8-14-7-9-3-5-13-6-4-9/h1-6,14H,7-8H2. The van der Waals surface area contributed by atoms with Gasteiger partial charge in [0.25, 0.3) is 0 Å². The minimum absolute atomic E-state index is 0.843. The van der Waals surface area contributed by atoms with Gasteiger partial charge in [-0.3, -0.25) is 4.98 Å². The lowest BCUT2D eigenvalue weighted by Crippen LogP contribution is -2.11. The Morgan fingerprint density at radius 1 is 1.13 bits per heavy atom. The van der Waals surface area contributed by atoms with Crippen LogP contribution < -0.4 is 5.32 Å². The summed E-state index contributed by atoms with van der Waals surface area (Å²) >= 11 is 7.45. The highest BCUT2D eigenvalue weighted by Gasteiger charge is 1.97. The summed E-state index contributed by atoms with van der Waals surface area (Å²) in [4.78, 5) is 5.23. The predicted octanol–water partition coefficient (Wildman–Crippen LogP) is 3.09. The third-order valence-corrected chi connectivity index (χ3v) is 3.24. The topological polar surface area (TPSA) is 24.9 Å². The van der Waals surface area contributed by atoms with E-state index < -0.39 is 0 Å². The zero-order valence-corrected chi connectivity index (χ0v) is 9.68. The fourth-order valence-electron chi connectivity index (χ4n) is 1.28. The highest BCUT2D eigenvalue weighted by Crippen LogP contribution is 2.20. The van der Waals surface area contributed by atoms with Crippen molar-refractivity contribution in [1.82, 2.24) is 10.3 Å². The van der Waals surface area contributed by atoms with Gasteiger partial charge in [0, 0.05) is 30.4 Å². The van der Waals surface area contributed by atoms with Gasteiger partial charge in [-0.15, -0.1) is 11.3 Å². The molecule has 2 heterocycles. The number of rotatable bonds is 4. The fraction of sp³-hybridized carbons (Fsp3) is 0.182. The van der Waals surface area contributed by atoms with Gasteiger partial charge in [0.1, 0.15) is 0 Å². The van der Waals surface area contributed by atoms with Crippen LogP contribution >= 0.6 is 22.9 Å². The molecule has 2 nitrogen and oxygen atoms in total. The number of nitrogens with one attached hydrogen (secondary N) is 1. The lowest BCUT2D eigenvalue weighted by atomic mass is 10.3. The molecule has 0 fully saturated rings. The van der Waals surface area contributed by atoms with Crippen LogP contribution in [0.2, 0.25) is 4.34 Å². The van der Waals surface area contributed by atoms with E-state index in [-0.39, 0.29) is 0 Å². The van der Waals surface area contributed by atoms with Crippen LogP contribution in [0.5, 0.6) is 0 Å². The smallest absolute Gasteiger partial charge is 0.0931 e. The van der Waals surface area contributed by atoms with Gasteiger partial charge in [0.2, 0.25) is 0 Å². The third kappa shape index (κ3) is 3.30. The van der Waals surface area contributed by atoms with Gasteiger partial charge >= 0.3 is 0 Å². The van der Waals surface area contributed by atoms with Crippen LogP contribution in [0.1, 0.15) is 10.4 Å². The summed E-state index contributed by atoms with van der Waals surface area (Å²) in [5, 5.41) is 3.36. The number of pyridine rings is 1. The molecule has 0 bridgehead atoms. The zero-order chi connectivity index (χ0) is 10.5. The SMILES string of the molecule is Clc1ccc(CNCc2ccncc2)s1. The zero-order valence-electron chi connectivity index (χ0n) is 8.11. The summed E-state index contributed by atoms with van der Waals surface area (Å²) in [7, 11) is 0. The maximum Gasteiger partial charge on any atom is 0.0931 e. The molecule has 0 aliphatic heterocycles. The highest BCUT2D eigenvalue weighted by molar-refractivity contribution is 7.16. The van der Waals surface area contributed by atoms with E-state index in [1.807, 2.05) is 24.3 Å². The number of aromatic nitrogens is 1. The first-order valence-electron chi connectivity index (χ1n) is 4.68. The monoisotopic (exact) mass is 238 g/mol. The second-order valence-corrected chi connectivity index (χ2v) is 4.96. The van der Waals surface area contributed by atoms with Crippen molar-refractivity contribution >= 4 is 22.9 Å². The summed E-state index contributed by atoms with van der Waals surface area (Å²) < 4.78 is 0.843. The second kappa shape index (κ2) is 5.26. The number of thiophene rings is 1. The Bertz CT molecular complexity index is 414. The molecule has 0 amide bonds. The average molecular weight is 239 g/mol. The van der Waals surface area contributed by atoms with Crippen LogP contribution in [0.4, 0.5) is 0 Å². The van der Waals surface area contributed by atoms with E-state index in [2.05, 4.69) is 10.3 Å². The van der Waals surface area contributed by atoms with Crippen LogP contribution in [0.15, 0.2) is 36.7 Å². The molecule has 0 unspecified atom stereocenters. The molecule has 0 radical (unpaired) electrons. The Morgan fingerprint density at radius 2 is 1.93 bits per heavy atom. The average Bonchev–Trinajstić information content (AvgIpc) is 2.66. The third-order valence-electron chi connectivity index (χ3n) is 2.01. The van der Waals surface area contributed by atoms with E-state index in [1.54, 1.807) is 23.7 Å². The maximum atomic E-state index is 5.84. The van der Waals surface area contributed by atoms with E-state index in [4.69, 9.17) is 11.6 Å². The van der Waals surface area contributed by atoms with Gasteiger partial charge in [0.05, 0.1) is 4.34 Å². The molecule has 0 atom stereocenters. The first-order valence-corrected chi connectivity index (χ1v) is 5.88. The van der Waals surface area contributed by atoms with Crippen LogP contribution in [0.3, 0.4) is 0 Å². The Morgan fingerprint density at radius 3 is 2.60 bits per heavy atom. The molecule has 2 rings (SSSR count). The minimum Gasteiger partial charge on any atom is -0.308 e. The number of hydrogen-bond donors (Lipinski definition) is 1. The van der Waals surface area contributed by atoms with Crippen molar-refractivity contribution < 1.29 is 0 Å². The van der Waals surface area contributed by atoms with Crippen LogP contribution in [-0.4, -0.2) is 4.98 Å². The van der Waals surface area contributed by atoms with Gasteiger partial charge in [-0.25, -0.2) is 0 Å². The van der Waals surface area contributed by atoms with E-state index >= 15 is 0 Å². The van der Waals surface area contributed by atoms with Crippen molar-refractivity contribution in [1.29, 1.82) is 0 Å². The number of halogens is 1. The fourth-order valence-corrected chi connectivity index (χ4v) is 2.33. The van der Waals surface area contributed by atoms with Gasteiger partial charge in [-0.1, -0.05) is 11.6 Å². The molecule has 0 aromatic carbocycles. The Labute approximate surface area is 97.9 Å². The highest BCUT2D eigenvalue weighted by atomic mass is 35.5. The Balaban J connectivity index is 1.80. The van der Waals surface area contributed by atoms with Crippen molar-refractivity contribution in [2.75, 3.05) is 0 Å². The molecule has 0 saturated carbocycles. The first-order chi connectivity index (χ1) is 7.34. The largest absolute Gasteiger partial charge is 0.308 e. The van der Waals surface area contributed by atoms with Crippen LogP contribution in [0.25, 0.3) is 0 Å². The van der Waals surface area contributed by atoms with Crippen molar-refractivity contribution in [2.24, 2.45) is 0 Å². The lowest BCUT2D eigenvalue weighted by Gasteiger charge is -2.02. The quantitative estimate of drug-likeness (QED) is 0.886. The van der Waals surface area contributed by atoms with Crippen molar-refractivity contribution in [3.8, 4) is 0 Å². The molecule has 78 valence electrons. The van der Waals surface area contributed by atoms with E-state index in [9.17, 15) is 0 Å². The summed E-state index contributed by atoms with van der Waals surface area (Å²) in [6.07, 6.45) is 3.61. The molecule has 0 aliphatic rings. The van der Waals surface area contributed by atoms with Crippen molar-refractivity contribution in [2.45, 2.75) is 13.1 Å². The molecule has 0 spiro atoms. The second-order valence-electron chi connectivity index (χ2n) is 3.16. The molecule has 0 aliphatic carbocycles. The normalized spacial score (nSPS) is 10.5. The van der Waals surface area contributed by atoms with Crippen LogP contribution in [0, 0.1) is 0 Å². The summed E-state index contributed by atoms with van der Waals surface area (Å²) in [6, 6.07) is 7.99. The van der Waals surface area contributed by atoms with Gasteiger partial charge < -0.3 is 5.32 Å². The Hall–Kier alpha value is -0.900. The summed E-state index contributed by atoms with van der Waals surface area (Å²) in [5.41, 5.74) is 1.24. The van der Waals surface area contributed by atoms with E-state index in [1.165, 1.54) is 10.4 Å². The van der Waals surface area contributed by atoms with Crippen molar-refractivity contribution in [3.05, 3.63) is 51.4 Å². The van der Waals surface area contributed by atoms with E-state index in [0.717, 1.165) is 17.4 Å². The van der Waals surface area contributed by atoms with Crippen molar-refractivity contribution in [3.63, 3.8) is 0 Å². The molecular weight excluding hydrogens is 228 g/mol. The van der Waals surface area contributed by atoms with Gasteiger partial charge in [-0.2, -0.15) is 0 Å². The molecule has 2 aromatic rings. The minimum atomic E-state index is 0.843. The molecule has 4 heteroatoms. The lowest BCUT2D eigenvalue weighted by molar-refractivity contribution is 0.700. The van der Waals surface area contributed by atoms with Crippen LogP contribution in [-0.2, 0) is 13.1 Å². The summed E-state index contributed by atoms with van der Waals surface area (Å²) in [5.74, 6) is 0. The Kier molecular flexibility index (Phi) is 3.72. The molecule has 0 saturated heterocycles. The molecule has 15 heavy (non-hydrogen) atoms. The predicted molar refractivity (Wildman–Crippen MR) is 64.1 cm³/mol.